The van der Waals surface area contributed by atoms with Gasteiger partial charge in [-0.1, -0.05) is 0 Å². The SMILES string of the molecule is C=NC(N)=NCCCN. The van der Waals surface area contributed by atoms with E-state index in [1.54, 1.807) is 0 Å². The minimum atomic E-state index is 0.239. The average molecular weight is 128 g/mol. The molecular weight excluding hydrogens is 116 g/mol. The van der Waals surface area contributed by atoms with E-state index in [0.29, 0.717) is 13.1 Å². The number of guanidine groups is 1. The Morgan fingerprint density at radius 1 is 1.56 bits per heavy atom. The quantitative estimate of drug-likeness (QED) is 0.301. The van der Waals surface area contributed by atoms with Gasteiger partial charge in [-0.3, -0.25) is 4.99 Å². The molecule has 4 N–H and O–H groups in total. The molecule has 0 amide bonds. The van der Waals surface area contributed by atoms with E-state index < -0.39 is 0 Å². The highest BCUT2D eigenvalue weighted by Crippen LogP contribution is 1.77. The fourth-order valence-electron chi connectivity index (χ4n) is 0.335. The Balaban J connectivity index is 3.31. The van der Waals surface area contributed by atoms with Gasteiger partial charge in [0.2, 0.25) is 5.96 Å². The number of rotatable bonds is 3. The molecule has 0 aromatic carbocycles. The summed E-state index contributed by atoms with van der Waals surface area (Å²) < 4.78 is 0. The van der Waals surface area contributed by atoms with Crippen molar-refractivity contribution >= 4 is 12.7 Å². The maximum Gasteiger partial charge on any atom is 0.214 e. The zero-order valence-electron chi connectivity index (χ0n) is 5.38. The van der Waals surface area contributed by atoms with Crippen molar-refractivity contribution in [1.82, 2.24) is 0 Å². The molecule has 4 heteroatoms. The Hall–Kier alpha value is -0.900. The maximum absolute atomic E-state index is 5.20. The van der Waals surface area contributed by atoms with Gasteiger partial charge in [-0.2, -0.15) is 0 Å². The molecule has 0 atom stereocenters. The number of aliphatic imine (C=N–C) groups is 2. The summed E-state index contributed by atoms with van der Waals surface area (Å²) in [5.74, 6) is 0.239. The van der Waals surface area contributed by atoms with Crippen LogP contribution in [0.1, 0.15) is 6.42 Å². The van der Waals surface area contributed by atoms with Gasteiger partial charge in [-0.15, -0.1) is 0 Å². The third-order valence-electron chi connectivity index (χ3n) is 0.798. The predicted molar refractivity (Wildman–Crippen MR) is 39.7 cm³/mol. The molecule has 0 aromatic heterocycles. The van der Waals surface area contributed by atoms with E-state index in [9.17, 15) is 0 Å². The maximum atomic E-state index is 5.20. The highest BCUT2D eigenvalue weighted by Gasteiger charge is 1.81. The fraction of sp³-hybridized carbons (Fsp3) is 0.600. The summed E-state index contributed by atoms with van der Waals surface area (Å²) in [6.07, 6.45) is 0.843. The lowest BCUT2D eigenvalue weighted by Gasteiger charge is -1.90. The lowest BCUT2D eigenvalue weighted by molar-refractivity contribution is 0.843. The van der Waals surface area contributed by atoms with Crippen molar-refractivity contribution in [3.8, 4) is 0 Å². The Bertz CT molecular complexity index is 108. The number of hydrogen-bond acceptors (Lipinski definition) is 2. The van der Waals surface area contributed by atoms with E-state index in [0.717, 1.165) is 6.42 Å². The van der Waals surface area contributed by atoms with Gasteiger partial charge >= 0.3 is 0 Å². The highest BCUT2D eigenvalue weighted by atomic mass is 15.0. The van der Waals surface area contributed by atoms with Crippen LogP contribution in [-0.4, -0.2) is 25.8 Å². The number of nitrogens with zero attached hydrogens (tertiary/aromatic N) is 2. The van der Waals surface area contributed by atoms with Gasteiger partial charge in [0, 0.05) is 6.54 Å². The van der Waals surface area contributed by atoms with Gasteiger partial charge in [0.1, 0.15) is 0 Å². The second-order valence-electron chi connectivity index (χ2n) is 1.54. The van der Waals surface area contributed by atoms with E-state index >= 15 is 0 Å². The molecular formula is C5H12N4. The van der Waals surface area contributed by atoms with Crippen molar-refractivity contribution in [2.45, 2.75) is 6.42 Å². The molecule has 0 saturated carbocycles. The molecule has 52 valence electrons. The second-order valence-corrected chi connectivity index (χ2v) is 1.54. The van der Waals surface area contributed by atoms with E-state index in [1.165, 1.54) is 0 Å². The fourth-order valence-corrected chi connectivity index (χ4v) is 0.335. The molecule has 0 unspecified atom stereocenters. The number of hydrogen-bond donors (Lipinski definition) is 2. The molecule has 0 heterocycles. The van der Waals surface area contributed by atoms with Crippen molar-refractivity contribution in [2.24, 2.45) is 21.5 Å². The lowest BCUT2D eigenvalue weighted by atomic mass is 10.4. The van der Waals surface area contributed by atoms with Crippen molar-refractivity contribution in [3.05, 3.63) is 0 Å². The summed E-state index contributed by atoms with van der Waals surface area (Å²) in [4.78, 5) is 7.21. The van der Waals surface area contributed by atoms with Crippen LogP contribution in [0.4, 0.5) is 0 Å². The van der Waals surface area contributed by atoms with Crippen molar-refractivity contribution in [2.75, 3.05) is 13.1 Å². The zero-order valence-corrected chi connectivity index (χ0v) is 5.38. The first-order valence-corrected chi connectivity index (χ1v) is 2.78. The van der Waals surface area contributed by atoms with E-state index in [4.69, 9.17) is 11.5 Å². The molecule has 0 radical (unpaired) electrons. The molecule has 9 heavy (non-hydrogen) atoms. The van der Waals surface area contributed by atoms with Crippen LogP contribution >= 0.6 is 0 Å². The van der Waals surface area contributed by atoms with Gasteiger partial charge in [0.25, 0.3) is 0 Å². The zero-order chi connectivity index (χ0) is 7.11. The van der Waals surface area contributed by atoms with Crippen LogP contribution in [0.25, 0.3) is 0 Å². The molecule has 0 aliphatic heterocycles. The first-order valence-electron chi connectivity index (χ1n) is 2.78. The first-order chi connectivity index (χ1) is 4.31. The molecule has 0 saturated heterocycles. The molecule has 0 bridgehead atoms. The van der Waals surface area contributed by atoms with E-state index in [2.05, 4.69) is 16.7 Å². The third kappa shape index (κ3) is 4.96. The summed E-state index contributed by atoms with van der Waals surface area (Å²) >= 11 is 0. The standard InChI is InChI=1S/C5H12N4/c1-8-5(7)9-4-2-3-6/h1-4,6H2,(H2,7,9). The molecule has 0 fully saturated rings. The Kier molecular flexibility index (Phi) is 4.72. The Morgan fingerprint density at radius 2 is 2.22 bits per heavy atom. The molecule has 0 spiro atoms. The predicted octanol–water partition coefficient (Wildman–Crippen LogP) is -0.649. The molecule has 0 rings (SSSR count). The van der Waals surface area contributed by atoms with E-state index in [-0.39, 0.29) is 5.96 Å². The minimum absolute atomic E-state index is 0.239. The van der Waals surface area contributed by atoms with Crippen molar-refractivity contribution in [1.29, 1.82) is 0 Å². The third-order valence-corrected chi connectivity index (χ3v) is 0.798. The van der Waals surface area contributed by atoms with Crippen LogP contribution in [0, 0.1) is 0 Å². The lowest BCUT2D eigenvalue weighted by Crippen LogP contribution is -2.09. The topological polar surface area (TPSA) is 76.8 Å². The van der Waals surface area contributed by atoms with Crippen LogP contribution in [-0.2, 0) is 0 Å². The van der Waals surface area contributed by atoms with Crippen LogP contribution < -0.4 is 11.5 Å². The van der Waals surface area contributed by atoms with E-state index in [1.807, 2.05) is 0 Å². The largest absolute Gasteiger partial charge is 0.368 e. The second kappa shape index (κ2) is 5.24. The summed E-state index contributed by atoms with van der Waals surface area (Å²) in [6.45, 7) is 4.48. The van der Waals surface area contributed by atoms with Gasteiger partial charge < -0.3 is 11.5 Å². The summed E-state index contributed by atoms with van der Waals surface area (Å²) in [5, 5.41) is 0. The normalized spacial score (nSPS) is 11.4. The van der Waals surface area contributed by atoms with Crippen LogP contribution in [0.2, 0.25) is 0 Å². The Morgan fingerprint density at radius 3 is 2.67 bits per heavy atom. The summed E-state index contributed by atoms with van der Waals surface area (Å²) in [7, 11) is 0. The summed E-state index contributed by atoms with van der Waals surface area (Å²) in [5.41, 5.74) is 10.4. The molecule has 0 aliphatic rings. The summed E-state index contributed by atoms with van der Waals surface area (Å²) in [6, 6.07) is 0. The first kappa shape index (κ1) is 8.10. The van der Waals surface area contributed by atoms with Gasteiger partial charge in [-0.25, -0.2) is 4.99 Å². The van der Waals surface area contributed by atoms with Crippen molar-refractivity contribution in [3.63, 3.8) is 0 Å². The van der Waals surface area contributed by atoms with Gasteiger partial charge in [0.15, 0.2) is 0 Å². The van der Waals surface area contributed by atoms with Gasteiger partial charge in [0.05, 0.1) is 0 Å². The number of nitrogens with two attached hydrogens (primary N) is 2. The monoisotopic (exact) mass is 128 g/mol. The van der Waals surface area contributed by atoms with Gasteiger partial charge in [-0.05, 0) is 19.7 Å². The average Bonchev–Trinajstić information content (AvgIpc) is 1.89. The molecule has 4 nitrogen and oxygen atoms in total. The molecule has 0 aromatic rings. The van der Waals surface area contributed by atoms with Crippen LogP contribution in [0.5, 0.6) is 0 Å². The van der Waals surface area contributed by atoms with Crippen LogP contribution in [0.3, 0.4) is 0 Å². The Labute approximate surface area is 54.7 Å². The smallest absolute Gasteiger partial charge is 0.214 e. The highest BCUT2D eigenvalue weighted by molar-refractivity contribution is 5.82. The minimum Gasteiger partial charge on any atom is -0.368 e. The van der Waals surface area contributed by atoms with Crippen LogP contribution in [0.15, 0.2) is 9.98 Å². The van der Waals surface area contributed by atoms with Crippen molar-refractivity contribution < 1.29 is 0 Å². The molecule has 0 aliphatic carbocycles.